The van der Waals surface area contributed by atoms with Gasteiger partial charge in [-0.3, -0.25) is 4.98 Å². The zero-order chi connectivity index (χ0) is 11.7. The van der Waals surface area contributed by atoms with Crippen LogP contribution in [0.4, 0.5) is 0 Å². The molecule has 0 fully saturated rings. The van der Waals surface area contributed by atoms with E-state index in [0.717, 1.165) is 23.3 Å². The number of nitrogens with zero attached hydrogens (tertiary/aromatic N) is 1. The summed E-state index contributed by atoms with van der Waals surface area (Å²) in [6.07, 6.45) is 4.41. The second-order valence-corrected chi connectivity index (χ2v) is 4.27. The third-order valence-corrected chi connectivity index (χ3v) is 3.11. The summed E-state index contributed by atoms with van der Waals surface area (Å²) in [5.74, 6) is 0.889. The Labute approximate surface area is 100 Å². The average molecular weight is 226 g/mol. The summed E-state index contributed by atoms with van der Waals surface area (Å²) in [6, 6.07) is 11.9. The van der Waals surface area contributed by atoms with E-state index in [9.17, 15) is 0 Å². The highest BCUT2D eigenvalue weighted by molar-refractivity contribution is 5.38. The van der Waals surface area contributed by atoms with Crippen LogP contribution in [-0.4, -0.2) is 4.98 Å². The molecular weight excluding hydrogens is 212 g/mol. The first-order chi connectivity index (χ1) is 8.34. The molecule has 17 heavy (non-hydrogen) atoms. The monoisotopic (exact) mass is 226 g/mol. The van der Waals surface area contributed by atoms with Gasteiger partial charge in [-0.15, -0.1) is 0 Å². The molecule has 0 amide bonds. The minimum atomic E-state index is 0.00796. The lowest BCUT2D eigenvalue weighted by Crippen LogP contribution is -2.24. The smallest absolute Gasteiger partial charge is 0.127 e. The first-order valence-corrected chi connectivity index (χ1v) is 5.75. The van der Waals surface area contributed by atoms with Crippen molar-refractivity contribution < 1.29 is 4.74 Å². The molecule has 1 aliphatic rings. The number of ether oxygens (including phenoxy) is 1. The van der Waals surface area contributed by atoms with Crippen LogP contribution in [0.2, 0.25) is 0 Å². The fraction of sp³-hybridized carbons (Fsp3) is 0.214. The predicted molar refractivity (Wildman–Crippen MR) is 65.6 cm³/mol. The topological polar surface area (TPSA) is 48.1 Å². The zero-order valence-corrected chi connectivity index (χ0v) is 9.41. The molecule has 1 aromatic carbocycles. The minimum Gasteiger partial charge on any atom is -0.485 e. The lowest BCUT2D eigenvalue weighted by Gasteiger charge is -2.30. The molecule has 0 radical (unpaired) electrons. The van der Waals surface area contributed by atoms with Crippen molar-refractivity contribution in [3.63, 3.8) is 0 Å². The third-order valence-electron chi connectivity index (χ3n) is 3.11. The maximum atomic E-state index is 6.17. The molecule has 1 aliphatic heterocycles. The molecule has 1 aromatic heterocycles. The first kappa shape index (κ1) is 10.3. The molecule has 2 N–H and O–H groups in total. The number of benzene rings is 1. The lowest BCUT2D eigenvalue weighted by molar-refractivity contribution is 0.161. The molecule has 0 spiro atoms. The fourth-order valence-electron chi connectivity index (χ4n) is 2.22. The molecule has 3 nitrogen and oxygen atoms in total. The average Bonchev–Trinajstić information content (AvgIpc) is 2.40. The van der Waals surface area contributed by atoms with E-state index in [4.69, 9.17) is 10.5 Å². The van der Waals surface area contributed by atoms with Gasteiger partial charge in [-0.05, 0) is 12.1 Å². The Morgan fingerprint density at radius 2 is 2.06 bits per heavy atom. The van der Waals surface area contributed by atoms with Crippen LogP contribution in [0, 0.1) is 0 Å². The Bertz CT molecular complexity index is 513. The van der Waals surface area contributed by atoms with E-state index in [1.54, 1.807) is 6.20 Å². The van der Waals surface area contributed by atoms with Crippen molar-refractivity contribution in [1.82, 2.24) is 4.98 Å². The van der Waals surface area contributed by atoms with Crippen molar-refractivity contribution >= 4 is 0 Å². The number of hydrogen-bond donors (Lipinski definition) is 1. The van der Waals surface area contributed by atoms with Gasteiger partial charge in [0.2, 0.25) is 0 Å². The zero-order valence-electron chi connectivity index (χ0n) is 9.41. The third kappa shape index (κ3) is 1.89. The molecule has 2 unspecified atom stereocenters. The van der Waals surface area contributed by atoms with E-state index in [1.165, 1.54) is 0 Å². The largest absolute Gasteiger partial charge is 0.485 e. The second kappa shape index (κ2) is 4.18. The van der Waals surface area contributed by atoms with E-state index >= 15 is 0 Å². The van der Waals surface area contributed by atoms with E-state index in [0.29, 0.717) is 0 Å². The van der Waals surface area contributed by atoms with Crippen molar-refractivity contribution in [1.29, 1.82) is 0 Å². The van der Waals surface area contributed by atoms with Gasteiger partial charge in [0.15, 0.2) is 0 Å². The molecule has 3 rings (SSSR count). The van der Waals surface area contributed by atoms with Crippen molar-refractivity contribution in [2.75, 3.05) is 0 Å². The molecule has 3 heteroatoms. The van der Waals surface area contributed by atoms with Gasteiger partial charge in [-0.1, -0.05) is 24.3 Å². The van der Waals surface area contributed by atoms with E-state index in [1.807, 2.05) is 42.6 Å². The van der Waals surface area contributed by atoms with Crippen LogP contribution < -0.4 is 10.5 Å². The number of para-hydroxylation sites is 1. The summed E-state index contributed by atoms with van der Waals surface area (Å²) >= 11 is 0. The number of hydrogen-bond acceptors (Lipinski definition) is 3. The Kier molecular flexibility index (Phi) is 2.53. The Morgan fingerprint density at radius 1 is 1.18 bits per heavy atom. The van der Waals surface area contributed by atoms with Gasteiger partial charge in [-0.25, -0.2) is 0 Å². The molecule has 2 heterocycles. The van der Waals surface area contributed by atoms with E-state index in [-0.39, 0.29) is 12.1 Å². The first-order valence-electron chi connectivity index (χ1n) is 5.75. The summed E-state index contributed by atoms with van der Waals surface area (Å²) in [4.78, 5) is 4.12. The molecular formula is C14H14N2O. The van der Waals surface area contributed by atoms with Crippen LogP contribution in [0.3, 0.4) is 0 Å². The van der Waals surface area contributed by atoms with E-state index < -0.39 is 0 Å². The fourth-order valence-corrected chi connectivity index (χ4v) is 2.22. The van der Waals surface area contributed by atoms with Gasteiger partial charge in [0.05, 0.1) is 0 Å². The van der Waals surface area contributed by atoms with Crippen LogP contribution in [0.1, 0.15) is 29.7 Å². The van der Waals surface area contributed by atoms with Crippen molar-refractivity contribution in [3.05, 3.63) is 59.9 Å². The standard InChI is InChI=1S/C14H14N2O/c15-12-8-14(10-4-3-7-16-9-10)17-13-6-2-1-5-11(12)13/h1-7,9,12,14H,8,15H2. The quantitative estimate of drug-likeness (QED) is 0.813. The van der Waals surface area contributed by atoms with Crippen molar-refractivity contribution in [2.24, 2.45) is 5.73 Å². The number of pyridine rings is 1. The van der Waals surface area contributed by atoms with Crippen molar-refractivity contribution in [2.45, 2.75) is 18.6 Å². The number of rotatable bonds is 1. The Morgan fingerprint density at radius 3 is 2.88 bits per heavy atom. The number of nitrogens with two attached hydrogens (primary N) is 1. The molecule has 0 bridgehead atoms. The van der Waals surface area contributed by atoms with Gasteiger partial charge >= 0.3 is 0 Å². The Hall–Kier alpha value is -1.87. The maximum absolute atomic E-state index is 6.17. The SMILES string of the molecule is NC1CC(c2cccnc2)Oc2ccccc21. The van der Waals surface area contributed by atoms with Gasteiger partial charge in [-0.2, -0.15) is 0 Å². The van der Waals surface area contributed by atoms with Crippen LogP contribution >= 0.6 is 0 Å². The highest BCUT2D eigenvalue weighted by Gasteiger charge is 2.26. The van der Waals surface area contributed by atoms with Crippen LogP contribution in [-0.2, 0) is 0 Å². The molecule has 2 aromatic rings. The van der Waals surface area contributed by atoms with Crippen LogP contribution in [0.15, 0.2) is 48.8 Å². The predicted octanol–water partition coefficient (Wildman–Crippen LogP) is 2.61. The summed E-state index contributed by atoms with van der Waals surface area (Å²) in [7, 11) is 0. The van der Waals surface area contributed by atoms with Gasteiger partial charge in [0, 0.05) is 36.0 Å². The second-order valence-electron chi connectivity index (χ2n) is 4.27. The molecule has 86 valence electrons. The minimum absolute atomic E-state index is 0.00796. The van der Waals surface area contributed by atoms with E-state index in [2.05, 4.69) is 4.98 Å². The summed E-state index contributed by atoms with van der Waals surface area (Å²) in [5, 5.41) is 0. The van der Waals surface area contributed by atoms with Crippen LogP contribution in [0.5, 0.6) is 5.75 Å². The van der Waals surface area contributed by atoms with Crippen molar-refractivity contribution in [3.8, 4) is 5.75 Å². The summed E-state index contributed by atoms with van der Waals surface area (Å²) in [6.45, 7) is 0. The normalized spacial score (nSPS) is 22.6. The molecule has 0 aliphatic carbocycles. The van der Waals surface area contributed by atoms with Gasteiger partial charge in [0.1, 0.15) is 11.9 Å². The van der Waals surface area contributed by atoms with Gasteiger partial charge in [0.25, 0.3) is 0 Å². The Balaban J connectivity index is 1.94. The molecule has 0 saturated carbocycles. The molecule has 0 saturated heterocycles. The highest BCUT2D eigenvalue weighted by Crippen LogP contribution is 2.38. The molecule has 2 atom stereocenters. The number of aromatic nitrogens is 1. The summed E-state index contributed by atoms with van der Waals surface area (Å²) < 4.78 is 5.97. The number of fused-ring (bicyclic) bond motifs is 1. The van der Waals surface area contributed by atoms with Crippen LogP contribution in [0.25, 0.3) is 0 Å². The lowest BCUT2D eigenvalue weighted by atomic mass is 9.94. The summed E-state index contributed by atoms with van der Waals surface area (Å²) in [5.41, 5.74) is 8.35. The highest BCUT2D eigenvalue weighted by atomic mass is 16.5. The maximum Gasteiger partial charge on any atom is 0.127 e. The van der Waals surface area contributed by atoms with Gasteiger partial charge < -0.3 is 10.5 Å².